The van der Waals surface area contributed by atoms with Crippen molar-refractivity contribution in [3.8, 4) is 0 Å². The monoisotopic (exact) mass is 226 g/mol. The fraction of sp³-hybridized carbons (Fsp3) is 0.455. The molecule has 80 valence electrons. The summed E-state index contributed by atoms with van der Waals surface area (Å²) in [6.07, 6.45) is 0. The van der Waals surface area contributed by atoms with E-state index in [2.05, 4.69) is 9.24 Å². The third kappa shape index (κ3) is 2.08. The van der Waals surface area contributed by atoms with E-state index in [9.17, 15) is 8.78 Å². The minimum Gasteiger partial charge on any atom is -0.207 e. The van der Waals surface area contributed by atoms with Gasteiger partial charge in [-0.25, -0.2) is 8.78 Å². The molecule has 0 saturated heterocycles. The Bertz CT molecular complexity index is 379. The molecule has 0 aliphatic carbocycles. The zero-order chi connectivity index (χ0) is 12.0. The van der Waals surface area contributed by atoms with E-state index in [1.807, 2.05) is 0 Å². The van der Waals surface area contributed by atoms with E-state index in [1.54, 1.807) is 20.8 Å². The van der Waals surface area contributed by atoms with Gasteiger partial charge in [0.05, 0.1) is 0 Å². The molecule has 0 N–H and O–H groups in total. The third-order valence-electron chi connectivity index (χ3n) is 2.45. The second kappa shape index (κ2) is 3.86. The van der Waals surface area contributed by atoms with Gasteiger partial charge in [0.2, 0.25) is 0 Å². The van der Waals surface area contributed by atoms with Gasteiger partial charge in [0.15, 0.2) is 0 Å². The van der Waals surface area contributed by atoms with Crippen LogP contribution in [0.15, 0.2) is 0 Å². The lowest BCUT2D eigenvalue weighted by Gasteiger charge is -2.25. The topological polar surface area (TPSA) is 0 Å². The van der Waals surface area contributed by atoms with Crippen LogP contribution >= 0.6 is 9.24 Å². The molecule has 2 radical (unpaired) electrons. The summed E-state index contributed by atoms with van der Waals surface area (Å²) >= 11 is 0. The van der Waals surface area contributed by atoms with E-state index in [0.717, 1.165) is 0 Å². The van der Waals surface area contributed by atoms with E-state index < -0.39 is 17.0 Å². The van der Waals surface area contributed by atoms with Crippen molar-refractivity contribution < 1.29 is 8.78 Å². The Morgan fingerprint density at radius 2 is 1.60 bits per heavy atom. The summed E-state index contributed by atoms with van der Waals surface area (Å²) in [4.78, 5) is 0. The highest BCUT2D eigenvalue weighted by Crippen LogP contribution is 2.25. The largest absolute Gasteiger partial charge is 0.207 e. The normalized spacial score (nSPS) is 11.9. The van der Waals surface area contributed by atoms with Crippen LogP contribution in [0.2, 0.25) is 0 Å². The van der Waals surface area contributed by atoms with Gasteiger partial charge < -0.3 is 0 Å². The summed E-state index contributed by atoms with van der Waals surface area (Å²) in [6.45, 7) is 6.94. The lowest BCUT2D eigenvalue weighted by Crippen LogP contribution is -2.32. The zero-order valence-electron chi connectivity index (χ0n) is 9.41. The van der Waals surface area contributed by atoms with E-state index in [1.165, 1.54) is 6.92 Å². The minimum absolute atomic E-state index is 0.0799. The second-order valence-electron chi connectivity index (χ2n) is 4.71. The number of benzene rings is 1. The van der Waals surface area contributed by atoms with Crippen molar-refractivity contribution in [2.45, 2.75) is 33.1 Å². The molecule has 1 aromatic rings. The minimum atomic E-state index is -0.522. The quantitative estimate of drug-likeness (QED) is 0.468. The summed E-state index contributed by atoms with van der Waals surface area (Å²) < 4.78 is 27.6. The van der Waals surface area contributed by atoms with Crippen molar-refractivity contribution in [3.05, 3.63) is 22.8 Å². The van der Waals surface area contributed by atoms with Crippen molar-refractivity contribution in [1.82, 2.24) is 0 Å². The molecule has 0 amide bonds. The van der Waals surface area contributed by atoms with Crippen molar-refractivity contribution in [2.75, 3.05) is 0 Å². The maximum atomic E-state index is 13.9. The van der Waals surface area contributed by atoms with Crippen LogP contribution in [0.5, 0.6) is 0 Å². The first kappa shape index (κ1) is 12.6. The van der Waals surface area contributed by atoms with Gasteiger partial charge in [0.25, 0.3) is 0 Å². The maximum Gasteiger partial charge on any atom is 0.133 e. The predicted octanol–water partition coefficient (Wildman–Crippen LogP) is 1.86. The van der Waals surface area contributed by atoms with Crippen LogP contribution in [-0.2, 0) is 5.41 Å². The average molecular weight is 226 g/mol. The molecule has 1 rings (SSSR count). The van der Waals surface area contributed by atoms with E-state index in [4.69, 9.17) is 7.85 Å². The SMILES string of the molecule is [B]c1c(F)c(C)c(P)c(F)c1C(C)(C)C. The molecule has 0 bridgehead atoms. The Labute approximate surface area is 93.1 Å². The third-order valence-corrected chi connectivity index (χ3v) is 3.13. The van der Waals surface area contributed by atoms with Crippen molar-refractivity contribution >= 4 is 27.9 Å². The van der Waals surface area contributed by atoms with Crippen LogP contribution in [0, 0.1) is 18.6 Å². The zero-order valence-corrected chi connectivity index (χ0v) is 10.6. The van der Waals surface area contributed by atoms with Gasteiger partial charge in [0, 0.05) is 5.30 Å². The molecule has 0 aliphatic heterocycles. The first-order chi connectivity index (χ1) is 6.68. The molecule has 0 nitrogen and oxygen atoms in total. The van der Waals surface area contributed by atoms with Gasteiger partial charge >= 0.3 is 0 Å². The summed E-state index contributed by atoms with van der Waals surface area (Å²) in [7, 11) is 7.84. The summed E-state index contributed by atoms with van der Waals surface area (Å²) in [6, 6.07) is 0. The smallest absolute Gasteiger partial charge is 0.133 e. The Morgan fingerprint density at radius 1 is 1.13 bits per heavy atom. The predicted molar refractivity (Wildman–Crippen MR) is 64.5 cm³/mol. The van der Waals surface area contributed by atoms with Crippen LogP contribution in [0.1, 0.15) is 31.9 Å². The molecule has 1 aromatic carbocycles. The Hall–Kier alpha value is -0.425. The van der Waals surface area contributed by atoms with E-state index in [-0.39, 0.29) is 21.9 Å². The first-order valence-electron chi connectivity index (χ1n) is 4.71. The molecule has 15 heavy (non-hydrogen) atoms. The number of hydrogen-bond donors (Lipinski definition) is 0. The van der Waals surface area contributed by atoms with Gasteiger partial charge in [-0.2, -0.15) is 0 Å². The van der Waals surface area contributed by atoms with Crippen molar-refractivity contribution in [3.63, 3.8) is 0 Å². The van der Waals surface area contributed by atoms with Crippen LogP contribution in [0.25, 0.3) is 0 Å². The fourth-order valence-corrected chi connectivity index (χ4v) is 1.85. The molecule has 0 fully saturated rings. The highest BCUT2D eigenvalue weighted by Gasteiger charge is 2.25. The highest BCUT2D eigenvalue weighted by molar-refractivity contribution is 7.27. The molecule has 1 unspecified atom stereocenters. The highest BCUT2D eigenvalue weighted by atomic mass is 31.0. The molecule has 0 saturated carbocycles. The van der Waals surface area contributed by atoms with Crippen LogP contribution < -0.4 is 10.8 Å². The lowest BCUT2D eigenvalue weighted by molar-refractivity contribution is 0.521. The standard InChI is InChI=1S/C11H14BF2P/c1-5-8(13)7(12)6(11(2,3)4)9(14)10(5)15/h15H2,1-4H3. The molecular formula is C11H14BF2P. The van der Waals surface area contributed by atoms with Crippen molar-refractivity contribution in [1.29, 1.82) is 0 Å². The average Bonchev–Trinajstić information content (AvgIpc) is 2.09. The number of rotatable bonds is 0. The maximum absolute atomic E-state index is 13.9. The molecule has 0 aromatic heterocycles. The summed E-state index contributed by atoms with van der Waals surface area (Å²) in [5.41, 5.74) is -0.0871. The molecular weight excluding hydrogens is 212 g/mol. The van der Waals surface area contributed by atoms with Crippen LogP contribution in [0.3, 0.4) is 0 Å². The molecule has 0 aliphatic rings. The van der Waals surface area contributed by atoms with Crippen LogP contribution in [-0.4, -0.2) is 7.85 Å². The van der Waals surface area contributed by atoms with Gasteiger partial charge in [-0.3, -0.25) is 0 Å². The van der Waals surface area contributed by atoms with E-state index >= 15 is 0 Å². The number of halogens is 2. The van der Waals surface area contributed by atoms with Gasteiger partial charge in [-0.15, -0.1) is 9.24 Å². The molecule has 4 heteroatoms. The summed E-state index contributed by atoms with van der Waals surface area (Å²) in [5, 5.41) is 0.256. The lowest BCUT2D eigenvalue weighted by atomic mass is 9.76. The van der Waals surface area contributed by atoms with Crippen LogP contribution in [0.4, 0.5) is 8.78 Å². The molecule has 0 spiro atoms. The fourth-order valence-electron chi connectivity index (χ4n) is 1.58. The summed E-state index contributed by atoms with van der Waals surface area (Å²) in [5.74, 6) is -0.949. The van der Waals surface area contributed by atoms with Crippen molar-refractivity contribution in [2.24, 2.45) is 0 Å². The molecule has 1 atom stereocenters. The number of hydrogen-bond acceptors (Lipinski definition) is 0. The van der Waals surface area contributed by atoms with Gasteiger partial charge in [-0.05, 0) is 23.5 Å². The Kier molecular flexibility index (Phi) is 3.26. The van der Waals surface area contributed by atoms with E-state index in [0.29, 0.717) is 0 Å². The van der Waals surface area contributed by atoms with Gasteiger partial charge in [0.1, 0.15) is 19.5 Å². The molecule has 0 heterocycles. The first-order valence-corrected chi connectivity index (χ1v) is 5.28. The second-order valence-corrected chi connectivity index (χ2v) is 5.28. The Balaban J connectivity index is 3.68. The van der Waals surface area contributed by atoms with Gasteiger partial charge in [-0.1, -0.05) is 26.2 Å². The Morgan fingerprint density at radius 3 is 2.00 bits per heavy atom.